The Morgan fingerprint density at radius 1 is 1.09 bits per heavy atom. The van der Waals surface area contributed by atoms with Crippen LogP contribution in [0.2, 0.25) is 5.02 Å². The number of aromatic nitrogens is 1. The van der Waals surface area contributed by atoms with E-state index in [9.17, 15) is 4.79 Å². The fourth-order valence-electron chi connectivity index (χ4n) is 2.30. The number of nitrogens with zero attached hydrogens (tertiary/aromatic N) is 1. The van der Waals surface area contributed by atoms with Gasteiger partial charge < -0.3 is 9.52 Å². The summed E-state index contributed by atoms with van der Waals surface area (Å²) in [6, 6.07) is 16.9. The van der Waals surface area contributed by atoms with E-state index in [2.05, 4.69) is 4.98 Å². The Hall–Kier alpha value is -2.59. The summed E-state index contributed by atoms with van der Waals surface area (Å²) in [7, 11) is 0. The number of rotatable bonds is 5. The summed E-state index contributed by atoms with van der Waals surface area (Å²) in [5, 5.41) is 9.44. The highest BCUT2D eigenvalue weighted by Gasteiger charge is 2.17. The van der Waals surface area contributed by atoms with Gasteiger partial charge in [-0.1, -0.05) is 54.1 Å². The molecule has 0 saturated heterocycles. The van der Waals surface area contributed by atoms with Crippen LogP contribution < -0.4 is 0 Å². The molecule has 0 radical (unpaired) electrons. The lowest BCUT2D eigenvalue weighted by molar-refractivity contribution is -0.137. The van der Waals surface area contributed by atoms with Crippen molar-refractivity contribution in [1.82, 2.24) is 4.98 Å². The quantitative estimate of drug-likeness (QED) is 0.739. The zero-order chi connectivity index (χ0) is 16.2. The summed E-state index contributed by atoms with van der Waals surface area (Å²) < 4.78 is 5.83. The molecule has 0 atom stereocenters. The Labute approximate surface area is 138 Å². The first-order valence-corrected chi connectivity index (χ1v) is 7.54. The fraction of sp³-hybridized carbons (Fsp3) is 0.111. The molecule has 0 aliphatic carbocycles. The molecule has 1 aromatic heterocycles. The van der Waals surface area contributed by atoms with Gasteiger partial charge in [0.25, 0.3) is 0 Å². The van der Waals surface area contributed by atoms with Gasteiger partial charge in [-0.25, -0.2) is 4.98 Å². The van der Waals surface area contributed by atoms with E-state index in [1.54, 1.807) is 6.07 Å². The Morgan fingerprint density at radius 3 is 2.52 bits per heavy atom. The predicted octanol–water partition coefficient (Wildman–Crippen LogP) is 4.68. The molecule has 0 aliphatic rings. The van der Waals surface area contributed by atoms with E-state index in [1.807, 2.05) is 48.5 Å². The highest BCUT2D eigenvalue weighted by atomic mass is 35.5. The van der Waals surface area contributed by atoms with E-state index in [-0.39, 0.29) is 12.8 Å². The summed E-state index contributed by atoms with van der Waals surface area (Å²) in [6.45, 7) is 0. The van der Waals surface area contributed by atoms with Crippen molar-refractivity contribution < 1.29 is 14.3 Å². The van der Waals surface area contributed by atoms with Crippen molar-refractivity contribution in [2.45, 2.75) is 12.8 Å². The third-order valence-electron chi connectivity index (χ3n) is 3.36. The normalized spacial score (nSPS) is 10.7. The Balaban J connectivity index is 2.07. The minimum Gasteiger partial charge on any atom is -0.481 e. The third-order valence-corrected chi connectivity index (χ3v) is 3.59. The maximum atomic E-state index is 10.8. The minimum absolute atomic E-state index is 0.0241. The molecule has 0 aliphatic heterocycles. The first kappa shape index (κ1) is 15.3. The standard InChI is InChI=1S/C18H14ClNO3/c19-14-8-4-7-13(11-14)17-18(12-5-2-1-3-6-12)23-15(20-17)9-10-16(21)22/h1-8,11H,9-10H2,(H,21,22). The maximum Gasteiger partial charge on any atom is 0.303 e. The van der Waals surface area contributed by atoms with Gasteiger partial charge in [-0.2, -0.15) is 0 Å². The first-order chi connectivity index (χ1) is 11.1. The van der Waals surface area contributed by atoms with E-state index in [0.29, 0.717) is 22.4 Å². The largest absolute Gasteiger partial charge is 0.481 e. The van der Waals surface area contributed by atoms with Crippen LogP contribution in [0.25, 0.3) is 22.6 Å². The van der Waals surface area contributed by atoms with Gasteiger partial charge in [0, 0.05) is 22.6 Å². The molecule has 0 amide bonds. The molecule has 0 bridgehead atoms. The maximum absolute atomic E-state index is 10.8. The summed E-state index contributed by atoms with van der Waals surface area (Å²) in [5.41, 5.74) is 2.39. The Bertz CT molecular complexity index is 827. The van der Waals surface area contributed by atoms with Gasteiger partial charge >= 0.3 is 5.97 Å². The topological polar surface area (TPSA) is 63.3 Å². The van der Waals surface area contributed by atoms with Crippen LogP contribution in [0.1, 0.15) is 12.3 Å². The molecule has 23 heavy (non-hydrogen) atoms. The average molecular weight is 328 g/mol. The molecule has 116 valence electrons. The average Bonchev–Trinajstić information content (AvgIpc) is 2.98. The lowest BCUT2D eigenvalue weighted by Gasteiger charge is -2.01. The van der Waals surface area contributed by atoms with Crippen molar-refractivity contribution in [3.05, 3.63) is 65.5 Å². The number of carboxylic acid groups (broad SMARTS) is 1. The van der Waals surface area contributed by atoms with E-state index in [4.69, 9.17) is 21.1 Å². The molecule has 5 heteroatoms. The van der Waals surface area contributed by atoms with Crippen LogP contribution in [-0.2, 0) is 11.2 Å². The lowest BCUT2D eigenvalue weighted by atomic mass is 10.1. The number of carbonyl (C=O) groups is 1. The summed E-state index contributed by atoms with van der Waals surface area (Å²) in [4.78, 5) is 15.2. The van der Waals surface area contributed by atoms with E-state index in [1.165, 1.54) is 0 Å². The molecule has 0 unspecified atom stereocenters. The zero-order valence-corrected chi connectivity index (χ0v) is 13.0. The molecule has 0 spiro atoms. The van der Waals surface area contributed by atoms with Crippen molar-refractivity contribution in [3.63, 3.8) is 0 Å². The minimum atomic E-state index is -0.881. The number of benzene rings is 2. The molecule has 3 rings (SSSR count). The second kappa shape index (κ2) is 6.67. The predicted molar refractivity (Wildman–Crippen MR) is 88.3 cm³/mol. The molecule has 4 nitrogen and oxygen atoms in total. The Kier molecular flexibility index (Phi) is 4.44. The third kappa shape index (κ3) is 3.60. The number of hydrogen-bond donors (Lipinski definition) is 1. The van der Waals surface area contributed by atoms with Crippen molar-refractivity contribution in [1.29, 1.82) is 0 Å². The molecule has 0 saturated carbocycles. The highest BCUT2D eigenvalue weighted by Crippen LogP contribution is 2.33. The van der Waals surface area contributed by atoms with Crippen LogP contribution in [0.4, 0.5) is 0 Å². The molecule has 0 fully saturated rings. The zero-order valence-electron chi connectivity index (χ0n) is 12.2. The number of carboxylic acids is 1. The first-order valence-electron chi connectivity index (χ1n) is 7.16. The molecule has 1 N–H and O–H groups in total. The molecule has 2 aromatic carbocycles. The molecule has 1 heterocycles. The number of halogens is 1. The lowest BCUT2D eigenvalue weighted by Crippen LogP contribution is -1.97. The van der Waals surface area contributed by atoms with Crippen LogP contribution >= 0.6 is 11.6 Å². The van der Waals surface area contributed by atoms with Gasteiger partial charge in [-0.15, -0.1) is 0 Å². The van der Waals surface area contributed by atoms with Crippen LogP contribution in [0, 0.1) is 0 Å². The van der Waals surface area contributed by atoms with Gasteiger partial charge in [0.2, 0.25) is 0 Å². The van der Waals surface area contributed by atoms with Gasteiger partial charge in [0.05, 0.1) is 6.42 Å². The monoisotopic (exact) mass is 327 g/mol. The number of aryl methyl sites for hydroxylation is 1. The molecular formula is C18H14ClNO3. The van der Waals surface area contributed by atoms with Gasteiger partial charge in [-0.05, 0) is 12.1 Å². The summed E-state index contributed by atoms with van der Waals surface area (Å²) >= 11 is 6.07. The van der Waals surface area contributed by atoms with E-state index >= 15 is 0 Å². The second-order valence-corrected chi connectivity index (χ2v) is 5.49. The number of oxazole rings is 1. The van der Waals surface area contributed by atoms with Crippen LogP contribution in [0.15, 0.2) is 59.0 Å². The van der Waals surface area contributed by atoms with Crippen LogP contribution in [-0.4, -0.2) is 16.1 Å². The van der Waals surface area contributed by atoms with Gasteiger partial charge in [0.1, 0.15) is 5.69 Å². The summed E-state index contributed by atoms with van der Waals surface area (Å²) in [5.74, 6) is 0.142. The highest BCUT2D eigenvalue weighted by molar-refractivity contribution is 6.30. The molecule has 3 aromatic rings. The second-order valence-electron chi connectivity index (χ2n) is 5.06. The fourth-order valence-corrected chi connectivity index (χ4v) is 2.49. The van der Waals surface area contributed by atoms with Gasteiger partial charge in [0.15, 0.2) is 11.7 Å². The van der Waals surface area contributed by atoms with Gasteiger partial charge in [-0.3, -0.25) is 4.79 Å². The Morgan fingerprint density at radius 2 is 1.83 bits per heavy atom. The van der Waals surface area contributed by atoms with E-state index in [0.717, 1.165) is 11.1 Å². The van der Waals surface area contributed by atoms with E-state index < -0.39 is 5.97 Å². The summed E-state index contributed by atoms with van der Waals surface area (Å²) in [6.07, 6.45) is 0.222. The van der Waals surface area contributed by atoms with Crippen LogP contribution in [0.5, 0.6) is 0 Å². The van der Waals surface area contributed by atoms with Crippen molar-refractivity contribution in [3.8, 4) is 22.6 Å². The van der Waals surface area contributed by atoms with Crippen molar-refractivity contribution in [2.75, 3.05) is 0 Å². The van der Waals surface area contributed by atoms with Crippen molar-refractivity contribution >= 4 is 17.6 Å². The smallest absolute Gasteiger partial charge is 0.303 e. The SMILES string of the molecule is O=C(O)CCc1nc(-c2cccc(Cl)c2)c(-c2ccccc2)o1. The number of aliphatic carboxylic acids is 1. The van der Waals surface area contributed by atoms with Crippen LogP contribution in [0.3, 0.4) is 0 Å². The van der Waals surface area contributed by atoms with Crippen molar-refractivity contribution in [2.24, 2.45) is 0 Å². The molecular weight excluding hydrogens is 314 g/mol. The number of hydrogen-bond acceptors (Lipinski definition) is 3.